The number of carbonyl (C=O) groups excluding carboxylic acids is 2. The van der Waals surface area contributed by atoms with Crippen molar-refractivity contribution < 1.29 is 9.59 Å². The number of ketones is 2. The number of allylic oxidation sites excluding steroid dienone is 12. The lowest BCUT2D eigenvalue weighted by Crippen LogP contribution is -2.31. The third-order valence-corrected chi connectivity index (χ3v) is 3.93. The zero-order chi connectivity index (χ0) is 12.3. The highest BCUT2D eigenvalue weighted by Gasteiger charge is 2.40. The number of carbonyl (C=O) groups is 2. The van der Waals surface area contributed by atoms with Crippen molar-refractivity contribution in [3.05, 3.63) is 70.4 Å². The standard InChI is InChI=1S/C16H10O2/c17-12-7-6-10-5-4-9-2-1-3-11-8-13(18)16(12)15(10)14(9)11/h1-7,14H,8H2. The molecule has 1 unspecified atom stereocenters. The molecule has 0 bridgehead atoms. The monoisotopic (exact) mass is 234 g/mol. The van der Waals surface area contributed by atoms with Crippen molar-refractivity contribution in [2.75, 3.05) is 0 Å². The average Bonchev–Trinajstić information content (AvgIpc) is 2.38. The molecule has 4 aliphatic carbocycles. The summed E-state index contributed by atoms with van der Waals surface area (Å²) in [5, 5.41) is 0. The Balaban J connectivity index is 2.07. The van der Waals surface area contributed by atoms with Gasteiger partial charge in [0.2, 0.25) is 0 Å². The van der Waals surface area contributed by atoms with Gasteiger partial charge < -0.3 is 0 Å². The van der Waals surface area contributed by atoms with Crippen molar-refractivity contribution >= 4 is 11.6 Å². The van der Waals surface area contributed by atoms with Crippen LogP contribution in [-0.4, -0.2) is 11.6 Å². The summed E-state index contributed by atoms with van der Waals surface area (Å²) in [6.07, 6.45) is 13.8. The Kier molecular flexibility index (Phi) is 1.72. The Morgan fingerprint density at radius 2 is 1.89 bits per heavy atom. The Morgan fingerprint density at radius 3 is 2.78 bits per heavy atom. The number of hydrogen-bond donors (Lipinski definition) is 0. The highest BCUT2D eigenvalue weighted by Crippen LogP contribution is 2.46. The molecule has 18 heavy (non-hydrogen) atoms. The van der Waals surface area contributed by atoms with Crippen LogP contribution in [0, 0.1) is 5.92 Å². The molecule has 2 heteroatoms. The highest BCUT2D eigenvalue weighted by atomic mass is 16.1. The molecule has 4 rings (SSSR count). The van der Waals surface area contributed by atoms with E-state index < -0.39 is 0 Å². The van der Waals surface area contributed by atoms with E-state index in [1.54, 1.807) is 0 Å². The first-order valence-electron chi connectivity index (χ1n) is 6.05. The molecular formula is C16H10O2. The molecule has 0 aliphatic heterocycles. The van der Waals surface area contributed by atoms with E-state index in [0.29, 0.717) is 12.0 Å². The molecule has 0 heterocycles. The molecule has 0 aromatic rings. The highest BCUT2D eigenvalue weighted by molar-refractivity contribution is 6.27. The number of Topliss-reactive ketones (excluding diaryl/α,β-unsaturated/α-hetero) is 1. The maximum Gasteiger partial charge on any atom is 0.189 e. The minimum absolute atomic E-state index is 0.0377. The molecule has 0 fully saturated rings. The molecule has 0 saturated heterocycles. The van der Waals surface area contributed by atoms with Gasteiger partial charge in [-0.05, 0) is 22.8 Å². The summed E-state index contributed by atoms with van der Waals surface area (Å²) in [6, 6.07) is 0. The molecule has 4 aliphatic rings. The molecule has 0 aromatic carbocycles. The number of rotatable bonds is 0. The molecule has 0 saturated carbocycles. The van der Waals surface area contributed by atoms with Crippen molar-refractivity contribution in [3.63, 3.8) is 0 Å². The molecule has 0 amide bonds. The molecule has 2 nitrogen and oxygen atoms in total. The van der Waals surface area contributed by atoms with Crippen molar-refractivity contribution in [2.45, 2.75) is 6.42 Å². The van der Waals surface area contributed by atoms with Crippen LogP contribution in [0.15, 0.2) is 70.4 Å². The molecule has 86 valence electrons. The first-order chi connectivity index (χ1) is 8.75. The fourth-order valence-electron chi connectivity index (χ4n) is 3.17. The normalized spacial score (nSPS) is 27.8. The summed E-state index contributed by atoms with van der Waals surface area (Å²) in [6.45, 7) is 0. The smallest absolute Gasteiger partial charge is 0.189 e. The molecule has 0 radical (unpaired) electrons. The summed E-state index contributed by atoms with van der Waals surface area (Å²) >= 11 is 0. The second-order valence-electron chi connectivity index (χ2n) is 4.91. The lowest BCUT2D eigenvalue weighted by atomic mass is 9.66. The van der Waals surface area contributed by atoms with Gasteiger partial charge in [0.1, 0.15) is 0 Å². The van der Waals surface area contributed by atoms with Gasteiger partial charge in [-0.1, -0.05) is 42.0 Å². The average molecular weight is 234 g/mol. The van der Waals surface area contributed by atoms with Crippen LogP contribution < -0.4 is 0 Å². The predicted molar refractivity (Wildman–Crippen MR) is 67.7 cm³/mol. The summed E-state index contributed by atoms with van der Waals surface area (Å²) in [5.74, 6) is -0.0529. The predicted octanol–water partition coefficient (Wildman–Crippen LogP) is 2.37. The van der Waals surface area contributed by atoms with Crippen molar-refractivity contribution in [1.29, 1.82) is 0 Å². The van der Waals surface area contributed by atoms with Crippen molar-refractivity contribution in [3.8, 4) is 0 Å². The minimum atomic E-state index is -0.137. The minimum Gasteiger partial charge on any atom is -0.294 e. The fraction of sp³-hybridized carbons (Fsp3) is 0.125. The molecule has 0 N–H and O–H groups in total. The third-order valence-electron chi connectivity index (χ3n) is 3.93. The summed E-state index contributed by atoms with van der Waals surface area (Å²) in [4.78, 5) is 24.1. The summed E-state index contributed by atoms with van der Waals surface area (Å²) in [5.41, 5.74) is 4.63. The SMILES string of the molecule is O=C1C=CC2=CC=C3C=CC=C4CC(=O)C1=C2C34. The van der Waals surface area contributed by atoms with Crippen LogP contribution >= 0.6 is 0 Å². The van der Waals surface area contributed by atoms with Gasteiger partial charge in [-0.2, -0.15) is 0 Å². The first-order valence-corrected chi connectivity index (χ1v) is 6.05. The van der Waals surface area contributed by atoms with E-state index in [-0.39, 0.29) is 17.5 Å². The van der Waals surface area contributed by atoms with Crippen LogP contribution in [0.1, 0.15) is 6.42 Å². The second-order valence-corrected chi connectivity index (χ2v) is 4.91. The van der Waals surface area contributed by atoms with Crippen LogP contribution in [0.4, 0.5) is 0 Å². The molecular weight excluding hydrogens is 224 g/mol. The van der Waals surface area contributed by atoms with E-state index in [0.717, 1.165) is 16.7 Å². The lowest BCUT2D eigenvalue weighted by Gasteiger charge is -2.36. The van der Waals surface area contributed by atoms with E-state index in [1.165, 1.54) is 11.6 Å². The quantitative estimate of drug-likeness (QED) is 0.603. The van der Waals surface area contributed by atoms with Crippen LogP contribution in [0.2, 0.25) is 0 Å². The van der Waals surface area contributed by atoms with Crippen LogP contribution in [0.25, 0.3) is 0 Å². The Labute approximate surface area is 104 Å². The van der Waals surface area contributed by atoms with E-state index in [9.17, 15) is 9.59 Å². The van der Waals surface area contributed by atoms with Crippen LogP contribution in [-0.2, 0) is 9.59 Å². The molecule has 1 atom stereocenters. The zero-order valence-corrected chi connectivity index (χ0v) is 9.64. The second kappa shape index (κ2) is 3.16. The van der Waals surface area contributed by atoms with Crippen molar-refractivity contribution in [2.24, 2.45) is 5.92 Å². The van der Waals surface area contributed by atoms with E-state index in [4.69, 9.17) is 0 Å². The maximum absolute atomic E-state index is 12.1. The summed E-state index contributed by atoms with van der Waals surface area (Å²) in [7, 11) is 0. The third kappa shape index (κ3) is 1.07. The van der Waals surface area contributed by atoms with Crippen LogP contribution in [0.5, 0.6) is 0 Å². The Bertz CT molecular complexity index is 691. The maximum atomic E-state index is 12.1. The number of hydrogen-bond acceptors (Lipinski definition) is 2. The largest absolute Gasteiger partial charge is 0.294 e. The topological polar surface area (TPSA) is 34.1 Å². The molecule has 0 aromatic heterocycles. The van der Waals surface area contributed by atoms with Crippen LogP contribution in [0.3, 0.4) is 0 Å². The Morgan fingerprint density at radius 1 is 1.00 bits per heavy atom. The van der Waals surface area contributed by atoms with Gasteiger partial charge in [0.25, 0.3) is 0 Å². The van der Waals surface area contributed by atoms with Gasteiger partial charge in [0, 0.05) is 12.3 Å². The van der Waals surface area contributed by atoms with Gasteiger partial charge in [0.05, 0.1) is 5.57 Å². The lowest BCUT2D eigenvalue weighted by molar-refractivity contribution is -0.119. The van der Waals surface area contributed by atoms with E-state index >= 15 is 0 Å². The zero-order valence-electron chi connectivity index (χ0n) is 9.64. The molecule has 0 spiro atoms. The van der Waals surface area contributed by atoms with E-state index in [1.807, 2.05) is 24.3 Å². The Hall–Kier alpha value is -2.22. The van der Waals surface area contributed by atoms with Gasteiger partial charge in [-0.15, -0.1) is 0 Å². The van der Waals surface area contributed by atoms with E-state index in [2.05, 4.69) is 12.2 Å². The summed E-state index contributed by atoms with van der Waals surface area (Å²) < 4.78 is 0. The fourth-order valence-corrected chi connectivity index (χ4v) is 3.17. The van der Waals surface area contributed by atoms with Gasteiger partial charge in [0.15, 0.2) is 11.6 Å². The van der Waals surface area contributed by atoms with Gasteiger partial charge in [-0.3, -0.25) is 9.59 Å². The van der Waals surface area contributed by atoms with Crippen molar-refractivity contribution in [1.82, 2.24) is 0 Å². The van der Waals surface area contributed by atoms with Gasteiger partial charge in [-0.25, -0.2) is 0 Å². The van der Waals surface area contributed by atoms with Gasteiger partial charge >= 0.3 is 0 Å². The first kappa shape index (κ1) is 9.77.